The highest BCUT2D eigenvalue weighted by atomic mass is 16.5. The Morgan fingerprint density at radius 3 is 1.85 bits per heavy atom. The Labute approximate surface area is 156 Å². The molecule has 3 rings (SSSR count). The van der Waals surface area contributed by atoms with Crippen LogP contribution >= 0.6 is 0 Å². The molecule has 0 amide bonds. The molecule has 0 saturated carbocycles. The third-order valence-corrected chi connectivity index (χ3v) is 3.92. The number of carboxylic acid groups (broad SMARTS) is 1. The molecule has 3 N–H and O–H groups in total. The average Bonchev–Trinajstić information content (AvgIpc) is 2.70. The lowest BCUT2D eigenvalue weighted by atomic mass is 10.1. The first-order valence-electron chi connectivity index (χ1n) is 8.21. The molecule has 0 aliphatic heterocycles. The zero-order valence-corrected chi connectivity index (χ0v) is 14.6. The summed E-state index contributed by atoms with van der Waals surface area (Å²) in [6.45, 7) is 0. The van der Waals surface area contributed by atoms with Crippen molar-refractivity contribution in [3.63, 3.8) is 0 Å². The van der Waals surface area contributed by atoms with Crippen molar-refractivity contribution in [1.82, 2.24) is 0 Å². The number of ether oxygens (including phenoxy) is 1. The lowest BCUT2D eigenvalue weighted by Crippen LogP contribution is -2.05. The maximum absolute atomic E-state index is 11.8. The Hall–Kier alpha value is -3.80. The average molecular weight is 362 g/mol. The highest BCUT2D eigenvalue weighted by Crippen LogP contribution is 2.24. The number of anilines is 4. The Morgan fingerprint density at radius 2 is 1.30 bits per heavy atom. The van der Waals surface area contributed by atoms with Gasteiger partial charge in [0.1, 0.15) is 0 Å². The van der Waals surface area contributed by atoms with Crippen molar-refractivity contribution in [3.05, 3.63) is 83.9 Å². The Bertz CT molecular complexity index is 951. The number of methoxy groups -OCH3 is 1. The van der Waals surface area contributed by atoms with Gasteiger partial charge in [-0.25, -0.2) is 9.59 Å². The van der Waals surface area contributed by atoms with Crippen LogP contribution in [-0.2, 0) is 4.74 Å². The van der Waals surface area contributed by atoms with Crippen molar-refractivity contribution < 1.29 is 19.4 Å². The van der Waals surface area contributed by atoms with Gasteiger partial charge in [0.15, 0.2) is 0 Å². The fraction of sp³-hybridized carbons (Fsp3) is 0.0476. The molecule has 136 valence electrons. The Morgan fingerprint density at radius 1 is 0.778 bits per heavy atom. The molecule has 0 radical (unpaired) electrons. The molecule has 0 atom stereocenters. The molecule has 6 nitrogen and oxygen atoms in total. The molecule has 0 saturated heterocycles. The van der Waals surface area contributed by atoms with Crippen molar-refractivity contribution in [2.24, 2.45) is 0 Å². The third-order valence-electron chi connectivity index (χ3n) is 3.92. The van der Waals surface area contributed by atoms with E-state index < -0.39 is 11.9 Å². The largest absolute Gasteiger partial charge is 0.478 e. The highest BCUT2D eigenvalue weighted by molar-refractivity contribution is 5.96. The minimum absolute atomic E-state index is 0.240. The highest BCUT2D eigenvalue weighted by Gasteiger charge is 2.11. The van der Waals surface area contributed by atoms with Crippen LogP contribution in [0.3, 0.4) is 0 Å². The standard InChI is InChI=1S/C21H18N2O4/c1-27-21(26)18-4-2-3-5-19(18)23-17-12-10-16(11-13-17)22-15-8-6-14(7-9-15)20(24)25/h2-13,22-23H,1H3,(H,24,25). The molecule has 0 spiro atoms. The van der Waals surface area contributed by atoms with Gasteiger partial charge in [0.2, 0.25) is 0 Å². The maximum atomic E-state index is 11.8. The van der Waals surface area contributed by atoms with Crippen LogP contribution in [-0.4, -0.2) is 24.2 Å². The van der Waals surface area contributed by atoms with Crippen molar-refractivity contribution in [2.45, 2.75) is 0 Å². The van der Waals surface area contributed by atoms with Gasteiger partial charge in [0.05, 0.1) is 23.9 Å². The van der Waals surface area contributed by atoms with E-state index in [1.807, 2.05) is 36.4 Å². The second kappa shape index (κ2) is 8.05. The van der Waals surface area contributed by atoms with Gasteiger partial charge in [0.25, 0.3) is 0 Å². The van der Waals surface area contributed by atoms with Gasteiger partial charge in [-0.05, 0) is 60.7 Å². The van der Waals surface area contributed by atoms with Crippen molar-refractivity contribution in [1.29, 1.82) is 0 Å². The first-order valence-corrected chi connectivity index (χ1v) is 8.21. The molecule has 27 heavy (non-hydrogen) atoms. The molecule has 0 aromatic heterocycles. The van der Waals surface area contributed by atoms with E-state index in [9.17, 15) is 9.59 Å². The first-order chi connectivity index (χ1) is 13.1. The number of para-hydroxylation sites is 1. The van der Waals surface area contributed by atoms with E-state index in [0.717, 1.165) is 17.1 Å². The fourth-order valence-electron chi connectivity index (χ4n) is 2.54. The number of hydrogen-bond donors (Lipinski definition) is 3. The van der Waals surface area contributed by atoms with Crippen molar-refractivity contribution in [2.75, 3.05) is 17.7 Å². The summed E-state index contributed by atoms with van der Waals surface area (Å²) in [5.41, 5.74) is 3.82. The number of rotatable bonds is 6. The molecule has 6 heteroatoms. The Balaban J connectivity index is 1.71. The molecule has 0 heterocycles. The van der Waals surface area contributed by atoms with E-state index in [-0.39, 0.29) is 5.56 Å². The van der Waals surface area contributed by atoms with Crippen LogP contribution in [0.25, 0.3) is 0 Å². The number of aromatic carboxylic acids is 1. The van der Waals surface area contributed by atoms with E-state index in [1.54, 1.807) is 36.4 Å². The van der Waals surface area contributed by atoms with E-state index in [2.05, 4.69) is 10.6 Å². The minimum atomic E-state index is -0.954. The molecule has 0 fully saturated rings. The third kappa shape index (κ3) is 4.43. The molecule has 0 aliphatic carbocycles. The number of esters is 1. The number of carboxylic acids is 1. The van der Waals surface area contributed by atoms with Crippen molar-refractivity contribution in [3.8, 4) is 0 Å². The topological polar surface area (TPSA) is 87.7 Å². The zero-order chi connectivity index (χ0) is 19.2. The van der Waals surface area contributed by atoms with E-state index in [0.29, 0.717) is 11.3 Å². The summed E-state index contributed by atoms with van der Waals surface area (Å²) in [5.74, 6) is -1.36. The summed E-state index contributed by atoms with van der Waals surface area (Å²) < 4.78 is 4.80. The number of benzene rings is 3. The predicted octanol–water partition coefficient (Wildman–Crippen LogP) is 4.66. The van der Waals surface area contributed by atoms with Crippen LogP contribution in [0.1, 0.15) is 20.7 Å². The Kier molecular flexibility index (Phi) is 5.37. The minimum Gasteiger partial charge on any atom is -0.478 e. The molecule has 3 aromatic carbocycles. The molecular formula is C21H18N2O4. The fourth-order valence-corrected chi connectivity index (χ4v) is 2.54. The number of carbonyl (C=O) groups excluding carboxylic acids is 1. The van der Waals surface area contributed by atoms with E-state index in [1.165, 1.54) is 7.11 Å². The smallest absolute Gasteiger partial charge is 0.339 e. The number of nitrogens with one attached hydrogen (secondary N) is 2. The lowest BCUT2D eigenvalue weighted by molar-refractivity contribution is 0.0601. The summed E-state index contributed by atoms with van der Waals surface area (Å²) in [5, 5.41) is 15.3. The second-order valence-corrected chi connectivity index (χ2v) is 5.75. The quantitative estimate of drug-likeness (QED) is 0.553. The van der Waals surface area contributed by atoms with Gasteiger partial charge in [-0.1, -0.05) is 12.1 Å². The molecule has 0 bridgehead atoms. The van der Waals surface area contributed by atoms with Gasteiger partial charge >= 0.3 is 11.9 Å². The van der Waals surface area contributed by atoms with Crippen LogP contribution in [0, 0.1) is 0 Å². The van der Waals surface area contributed by atoms with Gasteiger partial charge in [-0.3, -0.25) is 0 Å². The zero-order valence-electron chi connectivity index (χ0n) is 14.6. The maximum Gasteiger partial charge on any atom is 0.339 e. The molecule has 0 aliphatic rings. The van der Waals surface area contributed by atoms with Gasteiger partial charge in [-0.15, -0.1) is 0 Å². The molecule has 0 unspecified atom stereocenters. The van der Waals surface area contributed by atoms with Crippen LogP contribution in [0.15, 0.2) is 72.8 Å². The lowest BCUT2D eigenvalue weighted by Gasteiger charge is -2.12. The van der Waals surface area contributed by atoms with E-state index >= 15 is 0 Å². The van der Waals surface area contributed by atoms with Crippen molar-refractivity contribution >= 4 is 34.7 Å². The monoisotopic (exact) mass is 362 g/mol. The second-order valence-electron chi connectivity index (χ2n) is 5.75. The number of hydrogen-bond acceptors (Lipinski definition) is 5. The SMILES string of the molecule is COC(=O)c1ccccc1Nc1ccc(Nc2ccc(C(=O)O)cc2)cc1. The molecular weight excluding hydrogens is 344 g/mol. The van der Waals surface area contributed by atoms with Gasteiger partial charge < -0.3 is 20.5 Å². The van der Waals surface area contributed by atoms with Gasteiger partial charge in [-0.2, -0.15) is 0 Å². The summed E-state index contributed by atoms with van der Waals surface area (Å²) in [7, 11) is 1.35. The normalized spacial score (nSPS) is 10.1. The number of carbonyl (C=O) groups is 2. The van der Waals surface area contributed by atoms with Crippen LogP contribution in [0.2, 0.25) is 0 Å². The van der Waals surface area contributed by atoms with Gasteiger partial charge in [0, 0.05) is 17.1 Å². The predicted molar refractivity (Wildman–Crippen MR) is 104 cm³/mol. The van der Waals surface area contributed by atoms with Crippen LogP contribution < -0.4 is 10.6 Å². The summed E-state index contributed by atoms with van der Waals surface area (Å²) in [6.07, 6.45) is 0. The van der Waals surface area contributed by atoms with E-state index in [4.69, 9.17) is 9.84 Å². The van der Waals surface area contributed by atoms with Crippen LogP contribution in [0.5, 0.6) is 0 Å². The summed E-state index contributed by atoms with van der Waals surface area (Å²) in [4.78, 5) is 22.7. The summed E-state index contributed by atoms with van der Waals surface area (Å²) >= 11 is 0. The summed E-state index contributed by atoms with van der Waals surface area (Å²) in [6, 6.07) is 21.2. The first kappa shape index (κ1) is 18.0. The van der Waals surface area contributed by atoms with Crippen LogP contribution in [0.4, 0.5) is 22.7 Å². The molecule has 3 aromatic rings.